The number of piperidine rings is 1. The largest absolute Gasteiger partial charge is 0.476 e. The standard InChI is InChI=1S/C19H26N2O2/c1-11(2)23-19-15-8-17-14(7-12(10-22)9-21(17)3)13-5-4-6-16(20-19)18(13)15/h4-6,11-12,14,17,20,22H,7-10H2,1-3H3/t12-,14?,17-/m1/s1. The van der Waals surface area contributed by atoms with E-state index >= 15 is 0 Å². The molecule has 4 rings (SSSR count). The van der Waals surface area contributed by atoms with E-state index in [1.54, 1.807) is 0 Å². The molecule has 0 radical (unpaired) electrons. The van der Waals surface area contributed by atoms with Crippen LogP contribution in [0.4, 0.5) is 0 Å². The highest BCUT2D eigenvalue weighted by molar-refractivity contribution is 5.90. The minimum absolute atomic E-state index is 0.170. The summed E-state index contributed by atoms with van der Waals surface area (Å²) in [4.78, 5) is 5.92. The zero-order valence-electron chi connectivity index (χ0n) is 14.2. The molecule has 4 heteroatoms. The van der Waals surface area contributed by atoms with Crippen LogP contribution in [0.2, 0.25) is 0 Å². The summed E-state index contributed by atoms with van der Waals surface area (Å²) in [6.45, 7) is 5.41. The van der Waals surface area contributed by atoms with Crippen LogP contribution in [-0.4, -0.2) is 47.3 Å². The van der Waals surface area contributed by atoms with Crippen molar-refractivity contribution in [3.05, 3.63) is 29.3 Å². The van der Waals surface area contributed by atoms with Gasteiger partial charge < -0.3 is 19.7 Å². The van der Waals surface area contributed by atoms with Crippen LogP contribution in [0.25, 0.3) is 10.9 Å². The van der Waals surface area contributed by atoms with E-state index in [4.69, 9.17) is 4.74 Å². The summed E-state index contributed by atoms with van der Waals surface area (Å²) in [5.41, 5.74) is 3.94. The van der Waals surface area contributed by atoms with Gasteiger partial charge in [0.15, 0.2) is 5.88 Å². The second-order valence-electron chi connectivity index (χ2n) is 7.47. The molecule has 2 heterocycles. The Morgan fingerprint density at radius 1 is 1.39 bits per heavy atom. The molecular weight excluding hydrogens is 288 g/mol. The van der Waals surface area contributed by atoms with Crippen LogP contribution in [0.1, 0.15) is 37.3 Å². The molecule has 2 aromatic rings. The first-order valence-corrected chi connectivity index (χ1v) is 8.69. The Bertz CT molecular complexity index is 721. The number of aromatic nitrogens is 1. The molecule has 4 nitrogen and oxygen atoms in total. The predicted molar refractivity (Wildman–Crippen MR) is 92.1 cm³/mol. The van der Waals surface area contributed by atoms with E-state index in [1.807, 2.05) is 0 Å². The second kappa shape index (κ2) is 5.53. The van der Waals surface area contributed by atoms with E-state index in [0.717, 1.165) is 25.3 Å². The maximum absolute atomic E-state index is 9.64. The molecule has 1 aliphatic heterocycles. The minimum Gasteiger partial charge on any atom is -0.476 e. The zero-order chi connectivity index (χ0) is 16.1. The Hall–Kier alpha value is -1.52. The van der Waals surface area contributed by atoms with Crippen LogP contribution in [0, 0.1) is 5.92 Å². The van der Waals surface area contributed by atoms with Crippen LogP contribution in [-0.2, 0) is 6.42 Å². The van der Waals surface area contributed by atoms with Crippen molar-refractivity contribution in [2.24, 2.45) is 5.92 Å². The average Bonchev–Trinajstić information content (AvgIpc) is 2.86. The number of ether oxygens (including phenoxy) is 1. The molecule has 2 aliphatic rings. The van der Waals surface area contributed by atoms with E-state index in [0.29, 0.717) is 17.9 Å². The number of aliphatic hydroxyl groups excluding tert-OH is 1. The average molecular weight is 314 g/mol. The minimum atomic E-state index is 0.170. The van der Waals surface area contributed by atoms with Gasteiger partial charge in [-0.2, -0.15) is 0 Å². The Morgan fingerprint density at radius 3 is 2.96 bits per heavy atom. The van der Waals surface area contributed by atoms with Gasteiger partial charge in [0.2, 0.25) is 0 Å². The molecule has 124 valence electrons. The molecular formula is C19H26N2O2. The van der Waals surface area contributed by atoms with Crippen molar-refractivity contribution in [1.82, 2.24) is 9.88 Å². The number of hydrogen-bond acceptors (Lipinski definition) is 3. The lowest BCUT2D eigenvalue weighted by Crippen LogP contribution is -2.48. The van der Waals surface area contributed by atoms with E-state index in [-0.39, 0.29) is 12.7 Å². The van der Waals surface area contributed by atoms with E-state index in [9.17, 15) is 5.11 Å². The fourth-order valence-corrected chi connectivity index (χ4v) is 4.58. The Labute approximate surface area is 137 Å². The topological polar surface area (TPSA) is 48.5 Å². The summed E-state index contributed by atoms with van der Waals surface area (Å²) in [5.74, 6) is 1.83. The number of likely N-dealkylation sites (N-methyl/N-ethyl adjacent to an activating group) is 1. The van der Waals surface area contributed by atoms with E-state index < -0.39 is 0 Å². The maximum atomic E-state index is 9.64. The molecule has 0 bridgehead atoms. The third kappa shape index (κ3) is 2.36. The summed E-state index contributed by atoms with van der Waals surface area (Å²) in [5, 5.41) is 11.0. The third-order valence-electron chi connectivity index (χ3n) is 5.51. The smallest absolute Gasteiger partial charge is 0.195 e. The second-order valence-corrected chi connectivity index (χ2v) is 7.47. The van der Waals surface area contributed by atoms with Gasteiger partial charge in [0.1, 0.15) is 0 Å². The number of rotatable bonds is 3. The zero-order valence-corrected chi connectivity index (χ0v) is 14.2. The van der Waals surface area contributed by atoms with Gasteiger partial charge in [-0.25, -0.2) is 0 Å². The molecule has 1 aromatic heterocycles. The summed E-state index contributed by atoms with van der Waals surface area (Å²) in [6.07, 6.45) is 2.27. The summed E-state index contributed by atoms with van der Waals surface area (Å²) in [7, 11) is 2.19. The van der Waals surface area contributed by atoms with E-state index in [2.05, 4.69) is 49.0 Å². The number of H-pyrrole nitrogens is 1. The molecule has 2 N–H and O–H groups in total. The Kier molecular flexibility index (Phi) is 3.62. The van der Waals surface area contributed by atoms with Gasteiger partial charge in [0, 0.05) is 41.6 Å². The van der Waals surface area contributed by atoms with Gasteiger partial charge in [-0.1, -0.05) is 12.1 Å². The number of aromatic amines is 1. The first-order valence-electron chi connectivity index (χ1n) is 8.69. The number of likely N-dealkylation sites (tertiary alicyclic amines) is 1. The van der Waals surface area contributed by atoms with Crippen molar-refractivity contribution in [2.45, 2.75) is 44.8 Å². The highest BCUT2D eigenvalue weighted by Gasteiger charge is 2.40. The molecule has 23 heavy (non-hydrogen) atoms. The van der Waals surface area contributed by atoms with Crippen LogP contribution >= 0.6 is 0 Å². The first-order chi connectivity index (χ1) is 11.1. The van der Waals surface area contributed by atoms with Crippen molar-refractivity contribution in [3.8, 4) is 5.88 Å². The van der Waals surface area contributed by atoms with Crippen LogP contribution in [0.5, 0.6) is 5.88 Å². The Morgan fingerprint density at radius 2 is 2.22 bits per heavy atom. The molecule has 1 fully saturated rings. The number of nitrogens with zero attached hydrogens (tertiary/aromatic N) is 1. The van der Waals surface area contributed by atoms with Gasteiger partial charge in [0.05, 0.1) is 6.10 Å². The highest BCUT2D eigenvalue weighted by atomic mass is 16.5. The highest BCUT2D eigenvalue weighted by Crippen LogP contribution is 2.46. The lowest BCUT2D eigenvalue weighted by atomic mass is 9.72. The van der Waals surface area contributed by atoms with Gasteiger partial charge >= 0.3 is 0 Å². The van der Waals surface area contributed by atoms with Crippen molar-refractivity contribution in [3.63, 3.8) is 0 Å². The molecule has 1 unspecified atom stereocenters. The summed E-state index contributed by atoms with van der Waals surface area (Å²) < 4.78 is 6.05. The fraction of sp³-hybridized carbons (Fsp3) is 0.579. The van der Waals surface area contributed by atoms with Gasteiger partial charge in [-0.05, 0) is 51.3 Å². The number of fused-ring (bicyclic) bond motifs is 2. The lowest BCUT2D eigenvalue weighted by Gasteiger charge is -2.45. The molecule has 0 amide bonds. The van der Waals surface area contributed by atoms with Crippen molar-refractivity contribution >= 4 is 10.9 Å². The molecule has 1 saturated heterocycles. The monoisotopic (exact) mass is 314 g/mol. The first kappa shape index (κ1) is 15.0. The lowest BCUT2D eigenvalue weighted by molar-refractivity contribution is 0.0765. The number of benzene rings is 1. The Balaban J connectivity index is 1.84. The molecule has 0 spiro atoms. The third-order valence-corrected chi connectivity index (χ3v) is 5.51. The summed E-state index contributed by atoms with van der Waals surface area (Å²) in [6, 6.07) is 7.05. The maximum Gasteiger partial charge on any atom is 0.195 e. The number of hydrogen-bond donors (Lipinski definition) is 2. The van der Waals surface area contributed by atoms with Crippen LogP contribution in [0.3, 0.4) is 0 Å². The number of nitrogens with one attached hydrogen (secondary N) is 1. The molecule has 1 aromatic carbocycles. The van der Waals surface area contributed by atoms with Crippen LogP contribution in [0.15, 0.2) is 18.2 Å². The molecule has 1 aliphatic carbocycles. The van der Waals surface area contributed by atoms with Gasteiger partial charge in [-0.3, -0.25) is 0 Å². The van der Waals surface area contributed by atoms with Crippen LogP contribution < -0.4 is 4.74 Å². The van der Waals surface area contributed by atoms with E-state index in [1.165, 1.54) is 22.0 Å². The normalized spacial score (nSPS) is 27.4. The molecule has 3 atom stereocenters. The van der Waals surface area contributed by atoms with Crippen molar-refractivity contribution in [1.29, 1.82) is 0 Å². The number of aliphatic hydroxyl groups is 1. The predicted octanol–water partition coefficient (Wildman–Crippen LogP) is 2.91. The van der Waals surface area contributed by atoms with Gasteiger partial charge in [-0.15, -0.1) is 0 Å². The summed E-state index contributed by atoms with van der Waals surface area (Å²) >= 11 is 0. The van der Waals surface area contributed by atoms with Crippen molar-refractivity contribution in [2.75, 3.05) is 20.2 Å². The fourth-order valence-electron chi connectivity index (χ4n) is 4.58. The van der Waals surface area contributed by atoms with Crippen molar-refractivity contribution < 1.29 is 9.84 Å². The molecule has 0 saturated carbocycles. The quantitative estimate of drug-likeness (QED) is 0.916. The SMILES string of the molecule is CC(C)Oc1[nH]c2cccc3c2c1C[C@@H]1C3C[C@@H](CO)CN1C. The van der Waals surface area contributed by atoms with Gasteiger partial charge in [0.25, 0.3) is 0 Å².